The van der Waals surface area contributed by atoms with E-state index in [1.807, 2.05) is 31.2 Å². The number of hydrogen-bond donors (Lipinski definition) is 2. The predicted molar refractivity (Wildman–Crippen MR) is 140 cm³/mol. The van der Waals surface area contributed by atoms with Crippen LogP contribution < -0.4 is 0 Å². The van der Waals surface area contributed by atoms with Gasteiger partial charge in [0.15, 0.2) is 0 Å². The molecule has 168 valence electrons. The van der Waals surface area contributed by atoms with Crippen LogP contribution in [0, 0.1) is 0 Å². The number of aromatic hydroxyl groups is 2. The molecule has 0 unspecified atom stereocenters. The molecule has 0 bridgehead atoms. The van der Waals surface area contributed by atoms with Crippen LogP contribution >= 0.6 is 11.6 Å². The Morgan fingerprint density at radius 1 is 0.939 bits per heavy atom. The summed E-state index contributed by atoms with van der Waals surface area (Å²) in [6.45, 7) is 8.20. The highest BCUT2D eigenvalue weighted by Gasteiger charge is 2.22. The molecule has 4 rings (SSSR count). The first-order valence-corrected chi connectivity index (χ1v) is 11.7. The summed E-state index contributed by atoms with van der Waals surface area (Å²) < 4.78 is 0. The van der Waals surface area contributed by atoms with Crippen molar-refractivity contribution in [2.45, 2.75) is 39.5 Å². The molecule has 0 atom stereocenters. The van der Waals surface area contributed by atoms with Crippen molar-refractivity contribution < 1.29 is 10.2 Å². The molecule has 0 spiro atoms. The van der Waals surface area contributed by atoms with Crippen LogP contribution in [0.4, 0.5) is 0 Å². The molecule has 0 aliphatic heterocycles. The van der Waals surface area contributed by atoms with Crippen LogP contribution in [0.3, 0.4) is 0 Å². The molecule has 3 heteroatoms. The van der Waals surface area contributed by atoms with E-state index in [4.69, 9.17) is 11.6 Å². The van der Waals surface area contributed by atoms with Crippen molar-refractivity contribution in [1.29, 1.82) is 0 Å². The Morgan fingerprint density at radius 2 is 1.67 bits per heavy atom. The highest BCUT2D eigenvalue weighted by atomic mass is 35.5. The van der Waals surface area contributed by atoms with Crippen molar-refractivity contribution in [3.63, 3.8) is 0 Å². The standard InChI is InChI=1S/C30H29ClO2/c1-19(2)7-8-20(3)22-11-15-26-23(17-22)5-4-6-28(27-16-12-24(31)18-29(27)33)30(26)21-9-13-25(32)14-10-21/h8-18,32-33H,1,4-7H2,2-3H3/b20-8+. The first-order chi connectivity index (χ1) is 15.8. The smallest absolute Gasteiger partial charge is 0.124 e. The summed E-state index contributed by atoms with van der Waals surface area (Å²) >= 11 is 6.12. The second-order valence-corrected chi connectivity index (χ2v) is 9.27. The Morgan fingerprint density at radius 3 is 2.36 bits per heavy atom. The van der Waals surface area contributed by atoms with Crippen LogP contribution in [0.25, 0.3) is 16.7 Å². The van der Waals surface area contributed by atoms with Gasteiger partial charge in [0.1, 0.15) is 11.5 Å². The Labute approximate surface area is 201 Å². The molecule has 0 amide bonds. The fourth-order valence-corrected chi connectivity index (χ4v) is 4.63. The zero-order valence-corrected chi connectivity index (χ0v) is 19.9. The average Bonchev–Trinajstić information content (AvgIpc) is 2.97. The summed E-state index contributed by atoms with van der Waals surface area (Å²) in [6.07, 6.45) is 5.87. The highest BCUT2D eigenvalue weighted by Crippen LogP contribution is 2.43. The third-order valence-corrected chi connectivity index (χ3v) is 6.44. The molecule has 0 radical (unpaired) electrons. The molecule has 0 aromatic heterocycles. The van der Waals surface area contributed by atoms with Crippen LogP contribution in [-0.4, -0.2) is 10.2 Å². The SMILES string of the molecule is C=C(C)C/C=C(\C)c1ccc2c(c1)CCCC(c1ccc(Cl)cc1O)=C2c1ccc(O)cc1. The van der Waals surface area contributed by atoms with E-state index in [2.05, 4.69) is 37.8 Å². The van der Waals surface area contributed by atoms with E-state index in [0.29, 0.717) is 5.02 Å². The molecule has 3 aromatic rings. The topological polar surface area (TPSA) is 40.5 Å². The minimum atomic E-state index is 0.187. The Balaban J connectivity index is 1.92. The zero-order chi connectivity index (χ0) is 23.5. The van der Waals surface area contributed by atoms with Gasteiger partial charge in [0.25, 0.3) is 0 Å². The number of hydrogen-bond acceptors (Lipinski definition) is 2. The molecule has 2 N–H and O–H groups in total. The molecule has 0 heterocycles. The van der Waals surface area contributed by atoms with Gasteiger partial charge in [-0.15, -0.1) is 0 Å². The molecular formula is C30H29ClO2. The van der Waals surface area contributed by atoms with Gasteiger partial charge in [-0.25, -0.2) is 0 Å². The van der Waals surface area contributed by atoms with Gasteiger partial charge in [-0.3, -0.25) is 0 Å². The van der Waals surface area contributed by atoms with E-state index in [0.717, 1.165) is 53.5 Å². The van der Waals surface area contributed by atoms with Gasteiger partial charge >= 0.3 is 0 Å². The fraction of sp³-hybridized carbons (Fsp3) is 0.200. The average molecular weight is 457 g/mol. The number of fused-ring (bicyclic) bond motifs is 1. The molecular weight excluding hydrogens is 428 g/mol. The van der Waals surface area contributed by atoms with Gasteiger partial charge in [0.05, 0.1) is 0 Å². The Kier molecular flexibility index (Phi) is 6.76. The quantitative estimate of drug-likeness (QED) is 0.378. The summed E-state index contributed by atoms with van der Waals surface area (Å²) in [5.74, 6) is 0.421. The number of halogens is 1. The summed E-state index contributed by atoms with van der Waals surface area (Å²) in [7, 11) is 0. The Bertz CT molecular complexity index is 1260. The van der Waals surface area contributed by atoms with E-state index in [-0.39, 0.29) is 11.5 Å². The first-order valence-electron chi connectivity index (χ1n) is 11.3. The maximum absolute atomic E-state index is 10.7. The second kappa shape index (κ2) is 9.72. The molecule has 3 aromatic carbocycles. The summed E-state index contributed by atoms with van der Waals surface area (Å²) in [5.41, 5.74) is 10.1. The van der Waals surface area contributed by atoms with E-state index >= 15 is 0 Å². The number of phenols is 2. The van der Waals surface area contributed by atoms with Crippen molar-refractivity contribution in [3.8, 4) is 11.5 Å². The molecule has 0 saturated carbocycles. The Hall–Kier alpha value is -3.23. The van der Waals surface area contributed by atoms with Gasteiger partial charge in [-0.05, 0) is 109 Å². The molecule has 2 nitrogen and oxygen atoms in total. The van der Waals surface area contributed by atoms with Crippen LogP contribution in [0.15, 0.2) is 78.9 Å². The minimum absolute atomic E-state index is 0.187. The lowest BCUT2D eigenvalue weighted by molar-refractivity contribution is 0.473. The fourth-order valence-electron chi connectivity index (χ4n) is 4.47. The number of aryl methyl sites for hydroxylation is 1. The molecule has 0 fully saturated rings. The van der Waals surface area contributed by atoms with E-state index < -0.39 is 0 Å². The molecule has 0 saturated heterocycles. The van der Waals surface area contributed by atoms with Gasteiger partial charge < -0.3 is 10.2 Å². The van der Waals surface area contributed by atoms with Crippen molar-refractivity contribution >= 4 is 28.3 Å². The first kappa shape index (κ1) is 22.9. The lowest BCUT2D eigenvalue weighted by Crippen LogP contribution is -1.97. The zero-order valence-electron chi connectivity index (χ0n) is 19.2. The lowest BCUT2D eigenvalue weighted by Gasteiger charge is -2.18. The number of benzene rings is 3. The number of rotatable bonds is 5. The van der Waals surface area contributed by atoms with Crippen molar-refractivity contribution in [1.82, 2.24) is 0 Å². The van der Waals surface area contributed by atoms with Crippen molar-refractivity contribution in [3.05, 3.63) is 112 Å². The van der Waals surface area contributed by atoms with Crippen molar-refractivity contribution in [2.75, 3.05) is 0 Å². The van der Waals surface area contributed by atoms with Crippen LogP contribution in [0.2, 0.25) is 5.02 Å². The van der Waals surface area contributed by atoms with Crippen molar-refractivity contribution in [2.24, 2.45) is 0 Å². The molecule has 1 aliphatic carbocycles. The number of allylic oxidation sites excluding steroid dienone is 4. The van der Waals surface area contributed by atoms with E-state index in [9.17, 15) is 10.2 Å². The minimum Gasteiger partial charge on any atom is -0.508 e. The molecule has 33 heavy (non-hydrogen) atoms. The normalized spacial score (nSPS) is 14.1. The van der Waals surface area contributed by atoms with Crippen LogP contribution in [-0.2, 0) is 6.42 Å². The summed E-state index contributed by atoms with van der Waals surface area (Å²) in [6, 6.07) is 19.3. The molecule has 1 aliphatic rings. The maximum atomic E-state index is 10.7. The third kappa shape index (κ3) is 5.07. The predicted octanol–water partition coefficient (Wildman–Crippen LogP) is 8.42. The second-order valence-electron chi connectivity index (χ2n) is 8.84. The van der Waals surface area contributed by atoms with E-state index in [1.54, 1.807) is 18.2 Å². The van der Waals surface area contributed by atoms with Gasteiger partial charge in [0, 0.05) is 10.6 Å². The maximum Gasteiger partial charge on any atom is 0.124 e. The van der Waals surface area contributed by atoms with E-state index in [1.165, 1.54) is 22.3 Å². The van der Waals surface area contributed by atoms with Gasteiger partial charge in [0.2, 0.25) is 0 Å². The lowest BCUT2D eigenvalue weighted by atomic mass is 9.86. The van der Waals surface area contributed by atoms with Crippen LogP contribution in [0.5, 0.6) is 11.5 Å². The van der Waals surface area contributed by atoms with Gasteiger partial charge in [-0.2, -0.15) is 0 Å². The summed E-state index contributed by atoms with van der Waals surface area (Å²) in [4.78, 5) is 0. The monoisotopic (exact) mass is 456 g/mol. The van der Waals surface area contributed by atoms with Crippen LogP contribution in [0.1, 0.15) is 60.9 Å². The number of phenolic OH excluding ortho intramolecular Hbond substituents is 2. The van der Waals surface area contributed by atoms with Gasteiger partial charge in [-0.1, -0.05) is 60.2 Å². The third-order valence-electron chi connectivity index (χ3n) is 6.20. The summed E-state index contributed by atoms with van der Waals surface area (Å²) in [5, 5.41) is 21.1. The largest absolute Gasteiger partial charge is 0.508 e. The highest BCUT2D eigenvalue weighted by molar-refractivity contribution is 6.30.